The van der Waals surface area contributed by atoms with Crippen molar-refractivity contribution in [3.63, 3.8) is 0 Å². The second-order valence-corrected chi connectivity index (χ2v) is 7.32. The summed E-state index contributed by atoms with van der Waals surface area (Å²) in [5.41, 5.74) is 4.48. The number of aryl methyl sites for hydroxylation is 1. The first kappa shape index (κ1) is 20.4. The minimum Gasteiger partial charge on any atom is -0.494 e. The Morgan fingerprint density at radius 1 is 0.968 bits per heavy atom. The summed E-state index contributed by atoms with van der Waals surface area (Å²) in [5.74, 6) is 1.30. The number of hydrogen-bond acceptors (Lipinski definition) is 4. The van der Waals surface area contributed by atoms with E-state index in [0.29, 0.717) is 24.5 Å². The Labute approximate surface area is 182 Å². The highest BCUT2D eigenvalue weighted by Crippen LogP contribution is 2.24. The van der Waals surface area contributed by atoms with E-state index in [1.807, 2.05) is 86.6 Å². The van der Waals surface area contributed by atoms with Crippen LogP contribution >= 0.6 is 0 Å². The molecule has 0 saturated heterocycles. The van der Waals surface area contributed by atoms with Crippen LogP contribution < -0.4 is 15.4 Å². The van der Waals surface area contributed by atoms with Gasteiger partial charge in [0.15, 0.2) is 0 Å². The van der Waals surface area contributed by atoms with Gasteiger partial charge in [0.2, 0.25) is 0 Å². The summed E-state index contributed by atoms with van der Waals surface area (Å²) in [6.07, 6.45) is 0. The maximum Gasteiger partial charge on any atom is 0.252 e. The molecule has 4 rings (SSSR count). The van der Waals surface area contributed by atoms with Crippen LogP contribution in [0.4, 0.5) is 11.5 Å². The van der Waals surface area contributed by atoms with Crippen molar-refractivity contribution >= 4 is 28.3 Å². The van der Waals surface area contributed by atoms with Crippen molar-refractivity contribution in [1.82, 2.24) is 10.3 Å². The van der Waals surface area contributed by atoms with E-state index < -0.39 is 0 Å². The summed E-state index contributed by atoms with van der Waals surface area (Å²) in [4.78, 5) is 17.7. The molecule has 1 aromatic heterocycles. The number of carbonyl (C=O) groups excluding carboxylic acids is 1. The molecule has 2 N–H and O–H groups in total. The number of anilines is 2. The molecule has 0 aliphatic heterocycles. The Hall–Kier alpha value is -3.86. The second-order valence-electron chi connectivity index (χ2n) is 7.32. The van der Waals surface area contributed by atoms with E-state index >= 15 is 0 Å². The van der Waals surface area contributed by atoms with E-state index in [9.17, 15) is 4.79 Å². The van der Waals surface area contributed by atoms with Gasteiger partial charge in [-0.2, -0.15) is 0 Å². The maximum absolute atomic E-state index is 13.0. The van der Waals surface area contributed by atoms with E-state index in [1.165, 1.54) is 5.56 Å². The lowest BCUT2D eigenvalue weighted by Gasteiger charge is -2.12. The average molecular weight is 412 g/mol. The van der Waals surface area contributed by atoms with E-state index in [0.717, 1.165) is 27.9 Å². The minimum atomic E-state index is -0.131. The van der Waals surface area contributed by atoms with E-state index in [4.69, 9.17) is 4.74 Å². The number of pyridine rings is 1. The molecule has 0 spiro atoms. The fourth-order valence-electron chi connectivity index (χ4n) is 3.36. The number of aromatic nitrogens is 1. The third-order valence-corrected chi connectivity index (χ3v) is 4.97. The van der Waals surface area contributed by atoms with Gasteiger partial charge in [-0.1, -0.05) is 48.0 Å². The van der Waals surface area contributed by atoms with Gasteiger partial charge in [-0.3, -0.25) is 4.79 Å². The zero-order valence-electron chi connectivity index (χ0n) is 17.7. The van der Waals surface area contributed by atoms with Crippen molar-refractivity contribution in [2.75, 3.05) is 11.9 Å². The molecule has 31 heavy (non-hydrogen) atoms. The van der Waals surface area contributed by atoms with Gasteiger partial charge in [0, 0.05) is 17.6 Å². The standard InChI is InChI=1S/C26H25N3O2/c1-3-31-21-14-12-20(13-15-21)28-25-16-23(22-6-4-5-7-24(22)29-25)26(30)27-17-19-10-8-18(2)9-11-19/h4-16H,3,17H2,1-2H3,(H,27,30)(H,28,29). The molecular formula is C26H25N3O2. The predicted octanol–water partition coefficient (Wildman–Crippen LogP) is 5.62. The smallest absolute Gasteiger partial charge is 0.252 e. The topological polar surface area (TPSA) is 63.2 Å². The molecule has 0 aliphatic rings. The molecule has 3 aromatic carbocycles. The number of rotatable bonds is 7. The normalized spacial score (nSPS) is 10.6. The summed E-state index contributed by atoms with van der Waals surface area (Å²) >= 11 is 0. The molecule has 156 valence electrons. The third kappa shape index (κ3) is 5.01. The lowest BCUT2D eigenvalue weighted by atomic mass is 10.1. The Morgan fingerprint density at radius 3 is 2.45 bits per heavy atom. The number of hydrogen-bond donors (Lipinski definition) is 2. The number of ether oxygens (including phenoxy) is 1. The van der Waals surface area contributed by atoms with Crippen molar-refractivity contribution in [2.24, 2.45) is 0 Å². The van der Waals surface area contributed by atoms with Gasteiger partial charge in [0.05, 0.1) is 17.7 Å². The molecule has 1 amide bonds. The summed E-state index contributed by atoms with van der Waals surface area (Å²) in [7, 11) is 0. The van der Waals surface area contributed by atoms with Gasteiger partial charge in [-0.15, -0.1) is 0 Å². The van der Waals surface area contributed by atoms with Crippen molar-refractivity contribution in [3.05, 3.63) is 95.6 Å². The van der Waals surface area contributed by atoms with Crippen LogP contribution in [0.1, 0.15) is 28.4 Å². The Kier molecular flexibility index (Phi) is 6.13. The van der Waals surface area contributed by atoms with Crippen molar-refractivity contribution in [3.8, 4) is 5.75 Å². The van der Waals surface area contributed by atoms with Crippen LogP contribution in [0.15, 0.2) is 78.9 Å². The van der Waals surface area contributed by atoms with Gasteiger partial charge in [-0.05, 0) is 55.8 Å². The predicted molar refractivity (Wildman–Crippen MR) is 125 cm³/mol. The first-order chi connectivity index (χ1) is 15.1. The molecule has 0 fully saturated rings. The van der Waals surface area contributed by atoms with Gasteiger partial charge in [0.25, 0.3) is 5.91 Å². The number of benzene rings is 3. The SMILES string of the molecule is CCOc1ccc(Nc2cc(C(=O)NCc3ccc(C)cc3)c3ccccc3n2)cc1. The molecule has 5 nitrogen and oxygen atoms in total. The van der Waals surface area contributed by atoms with Crippen LogP contribution in [-0.4, -0.2) is 17.5 Å². The fourth-order valence-corrected chi connectivity index (χ4v) is 3.36. The number of fused-ring (bicyclic) bond motifs is 1. The van der Waals surface area contributed by atoms with E-state index in [-0.39, 0.29) is 5.91 Å². The first-order valence-electron chi connectivity index (χ1n) is 10.4. The van der Waals surface area contributed by atoms with Crippen LogP contribution in [-0.2, 0) is 6.54 Å². The van der Waals surface area contributed by atoms with Crippen LogP contribution in [0.25, 0.3) is 10.9 Å². The second kappa shape index (κ2) is 9.30. The Bertz CT molecular complexity index is 1190. The highest BCUT2D eigenvalue weighted by atomic mass is 16.5. The van der Waals surface area contributed by atoms with Crippen LogP contribution in [0, 0.1) is 6.92 Å². The lowest BCUT2D eigenvalue weighted by molar-refractivity contribution is 0.0952. The van der Waals surface area contributed by atoms with E-state index in [1.54, 1.807) is 6.07 Å². The summed E-state index contributed by atoms with van der Waals surface area (Å²) in [5, 5.41) is 7.14. The summed E-state index contributed by atoms with van der Waals surface area (Å²) in [6.45, 7) is 5.10. The zero-order valence-corrected chi connectivity index (χ0v) is 17.7. The number of carbonyl (C=O) groups is 1. The van der Waals surface area contributed by atoms with Gasteiger partial charge >= 0.3 is 0 Å². The molecule has 0 saturated carbocycles. The highest BCUT2D eigenvalue weighted by molar-refractivity contribution is 6.07. The fraction of sp³-hybridized carbons (Fsp3) is 0.154. The van der Waals surface area contributed by atoms with Crippen molar-refractivity contribution < 1.29 is 9.53 Å². The Morgan fingerprint density at radius 2 is 1.71 bits per heavy atom. The summed E-state index contributed by atoms with van der Waals surface area (Å²) < 4.78 is 5.49. The Balaban J connectivity index is 1.58. The van der Waals surface area contributed by atoms with Gasteiger partial charge in [0.1, 0.15) is 11.6 Å². The minimum absolute atomic E-state index is 0.131. The maximum atomic E-state index is 13.0. The van der Waals surface area contributed by atoms with Crippen molar-refractivity contribution in [2.45, 2.75) is 20.4 Å². The molecule has 5 heteroatoms. The quantitative estimate of drug-likeness (QED) is 0.415. The number of amides is 1. The third-order valence-electron chi connectivity index (χ3n) is 4.97. The highest BCUT2D eigenvalue weighted by Gasteiger charge is 2.13. The van der Waals surface area contributed by atoms with Crippen LogP contribution in [0.2, 0.25) is 0 Å². The lowest BCUT2D eigenvalue weighted by Crippen LogP contribution is -2.23. The number of para-hydroxylation sites is 1. The molecule has 0 radical (unpaired) electrons. The number of nitrogens with one attached hydrogen (secondary N) is 2. The number of nitrogens with zero attached hydrogens (tertiary/aromatic N) is 1. The molecule has 1 heterocycles. The van der Waals surface area contributed by atoms with Crippen molar-refractivity contribution in [1.29, 1.82) is 0 Å². The molecule has 4 aromatic rings. The first-order valence-corrected chi connectivity index (χ1v) is 10.4. The molecule has 0 atom stereocenters. The van der Waals surface area contributed by atoms with Gasteiger partial charge < -0.3 is 15.4 Å². The largest absolute Gasteiger partial charge is 0.494 e. The van der Waals surface area contributed by atoms with E-state index in [2.05, 4.69) is 15.6 Å². The molecule has 0 unspecified atom stereocenters. The molecular weight excluding hydrogens is 386 g/mol. The van der Waals surface area contributed by atoms with Crippen LogP contribution in [0.5, 0.6) is 5.75 Å². The van der Waals surface area contributed by atoms with Gasteiger partial charge in [-0.25, -0.2) is 4.98 Å². The average Bonchev–Trinajstić information content (AvgIpc) is 2.79. The van der Waals surface area contributed by atoms with Crippen LogP contribution in [0.3, 0.4) is 0 Å². The summed E-state index contributed by atoms with van der Waals surface area (Å²) in [6, 6.07) is 25.3. The molecule has 0 bridgehead atoms. The molecule has 0 aliphatic carbocycles. The monoisotopic (exact) mass is 411 g/mol. The zero-order chi connectivity index (χ0) is 21.6.